The lowest BCUT2D eigenvalue weighted by atomic mass is 9.97. The minimum Gasteiger partial charge on any atom is -0.331 e. The zero-order valence-electron chi connectivity index (χ0n) is 14.6. The van der Waals surface area contributed by atoms with Crippen molar-refractivity contribution in [1.82, 2.24) is 9.62 Å². The third-order valence-corrected chi connectivity index (χ3v) is 7.59. The number of nitrogens with one attached hydrogen (secondary N) is 1. The van der Waals surface area contributed by atoms with Crippen molar-refractivity contribution in [3.63, 3.8) is 0 Å². The monoisotopic (exact) mass is 390 g/mol. The highest BCUT2D eigenvalue weighted by atomic mass is 32.2. The standard InChI is InChI=1S/C19H22N2O3S2/c1-2-17-16-10-12-25-18(16)9-11-21(17)19(22)13-3-7-15(8-4-13)26(23,24)20-14-5-6-14/h3-4,7-8,10,12,14,17,20H,2,5-6,9,11H2,1H3/t17-/m0/s1. The lowest BCUT2D eigenvalue weighted by Gasteiger charge is -2.35. The topological polar surface area (TPSA) is 66.5 Å². The fourth-order valence-corrected chi connectivity index (χ4v) is 5.74. The summed E-state index contributed by atoms with van der Waals surface area (Å²) >= 11 is 1.76. The Labute approximate surface area is 158 Å². The Balaban J connectivity index is 1.55. The van der Waals surface area contributed by atoms with Gasteiger partial charge in [0.25, 0.3) is 5.91 Å². The molecule has 7 heteroatoms. The van der Waals surface area contributed by atoms with Gasteiger partial charge in [-0.15, -0.1) is 11.3 Å². The Kier molecular flexibility index (Phi) is 4.62. The van der Waals surface area contributed by atoms with Gasteiger partial charge in [0.2, 0.25) is 10.0 Å². The van der Waals surface area contributed by atoms with Gasteiger partial charge in [-0.1, -0.05) is 6.92 Å². The second kappa shape index (κ2) is 6.79. The molecule has 2 aliphatic rings. The molecule has 0 unspecified atom stereocenters. The largest absolute Gasteiger partial charge is 0.331 e. The van der Waals surface area contributed by atoms with Crippen LogP contribution >= 0.6 is 11.3 Å². The fourth-order valence-electron chi connectivity index (χ4n) is 3.51. The van der Waals surface area contributed by atoms with Crippen molar-refractivity contribution in [2.45, 2.75) is 49.6 Å². The second-order valence-electron chi connectivity index (χ2n) is 6.89. The van der Waals surface area contributed by atoms with Crippen LogP contribution in [0.5, 0.6) is 0 Å². The van der Waals surface area contributed by atoms with E-state index in [1.807, 2.05) is 4.90 Å². The van der Waals surface area contributed by atoms with Crippen molar-refractivity contribution < 1.29 is 13.2 Å². The summed E-state index contributed by atoms with van der Waals surface area (Å²) in [6.07, 6.45) is 3.54. The van der Waals surface area contributed by atoms with Gasteiger partial charge in [0.1, 0.15) is 0 Å². The van der Waals surface area contributed by atoms with Crippen molar-refractivity contribution in [2.24, 2.45) is 0 Å². The first-order valence-electron chi connectivity index (χ1n) is 8.99. The predicted octanol–water partition coefficient (Wildman–Crippen LogP) is 3.34. The van der Waals surface area contributed by atoms with Gasteiger partial charge in [-0.2, -0.15) is 0 Å². The van der Waals surface area contributed by atoms with Crippen LogP contribution in [0.1, 0.15) is 53.0 Å². The highest BCUT2D eigenvalue weighted by molar-refractivity contribution is 7.89. The molecular formula is C19H22N2O3S2. The first kappa shape index (κ1) is 17.7. The number of carbonyl (C=O) groups excluding carboxylic acids is 1. The predicted molar refractivity (Wildman–Crippen MR) is 102 cm³/mol. The van der Waals surface area contributed by atoms with Crippen molar-refractivity contribution >= 4 is 27.3 Å². The van der Waals surface area contributed by atoms with Crippen LogP contribution in [0.4, 0.5) is 0 Å². The number of amides is 1. The number of hydrogen-bond acceptors (Lipinski definition) is 4. The molecule has 4 rings (SSSR count). The van der Waals surface area contributed by atoms with E-state index < -0.39 is 10.0 Å². The van der Waals surface area contributed by atoms with E-state index in [9.17, 15) is 13.2 Å². The number of thiophene rings is 1. The van der Waals surface area contributed by atoms with Crippen LogP contribution in [-0.2, 0) is 16.4 Å². The summed E-state index contributed by atoms with van der Waals surface area (Å²) in [6.45, 7) is 2.80. The Morgan fingerprint density at radius 3 is 2.62 bits per heavy atom. The quantitative estimate of drug-likeness (QED) is 0.851. The molecule has 0 spiro atoms. The van der Waals surface area contributed by atoms with E-state index in [0.717, 1.165) is 25.7 Å². The zero-order valence-corrected chi connectivity index (χ0v) is 16.3. The van der Waals surface area contributed by atoms with Crippen LogP contribution in [-0.4, -0.2) is 31.8 Å². The third-order valence-electron chi connectivity index (χ3n) is 5.05. The fraction of sp³-hybridized carbons (Fsp3) is 0.421. The van der Waals surface area contributed by atoms with Crippen LogP contribution in [0, 0.1) is 0 Å². The molecule has 26 heavy (non-hydrogen) atoms. The average Bonchev–Trinajstić information content (AvgIpc) is 3.31. The van der Waals surface area contributed by atoms with E-state index >= 15 is 0 Å². The van der Waals surface area contributed by atoms with Gasteiger partial charge in [-0.25, -0.2) is 13.1 Å². The maximum atomic E-state index is 13.0. The van der Waals surface area contributed by atoms with Crippen molar-refractivity contribution in [3.8, 4) is 0 Å². The molecule has 0 saturated heterocycles. The van der Waals surface area contributed by atoms with Gasteiger partial charge in [-0.05, 0) is 67.0 Å². The zero-order chi connectivity index (χ0) is 18.3. The third kappa shape index (κ3) is 3.31. The molecular weight excluding hydrogens is 368 g/mol. The first-order chi connectivity index (χ1) is 12.5. The molecule has 0 bridgehead atoms. The molecule has 2 heterocycles. The summed E-state index contributed by atoms with van der Waals surface area (Å²) in [6, 6.07) is 8.58. The molecule has 1 aromatic heterocycles. The van der Waals surface area contributed by atoms with E-state index in [0.29, 0.717) is 12.1 Å². The Morgan fingerprint density at radius 1 is 1.23 bits per heavy atom. The van der Waals surface area contributed by atoms with Crippen LogP contribution in [0.25, 0.3) is 0 Å². The molecule has 1 fully saturated rings. The van der Waals surface area contributed by atoms with E-state index in [1.54, 1.807) is 23.5 Å². The molecule has 0 radical (unpaired) electrons. The molecule has 5 nitrogen and oxygen atoms in total. The molecule has 1 saturated carbocycles. The lowest BCUT2D eigenvalue weighted by molar-refractivity contribution is 0.0657. The number of nitrogens with zero attached hydrogens (tertiary/aromatic N) is 1. The Hall–Kier alpha value is -1.70. The van der Waals surface area contributed by atoms with Gasteiger partial charge in [0.15, 0.2) is 0 Å². The molecule has 1 aliphatic carbocycles. The molecule has 138 valence electrons. The first-order valence-corrected chi connectivity index (χ1v) is 11.4. The highest BCUT2D eigenvalue weighted by Gasteiger charge is 2.31. The molecule has 1 aromatic carbocycles. The lowest BCUT2D eigenvalue weighted by Crippen LogP contribution is -2.39. The van der Waals surface area contributed by atoms with Crippen LogP contribution < -0.4 is 4.72 Å². The van der Waals surface area contributed by atoms with E-state index in [2.05, 4.69) is 23.1 Å². The van der Waals surface area contributed by atoms with Gasteiger partial charge in [-0.3, -0.25) is 4.79 Å². The number of sulfonamides is 1. The molecule has 2 aromatic rings. The van der Waals surface area contributed by atoms with Crippen molar-refractivity contribution in [2.75, 3.05) is 6.54 Å². The molecule has 1 atom stereocenters. The van der Waals surface area contributed by atoms with E-state index in [1.165, 1.54) is 22.6 Å². The molecule has 1 amide bonds. The average molecular weight is 391 g/mol. The number of benzene rings is 1. The van der Waals surface area contributed by atoms with Crippen molar-refractivity contribution in [1.29, 1.82) is 0 Å². The van der Waals surface area contributed by atoms with Crippen LogP contribution in [0.2, 0.25) is 0 Å². The Morgan fingerprint density at radius 2 is 1.96 bits per heavy atom. The van der Waals surface area contributed by atoms with E-state index in [4.69, 9.17) is 0 Å². The summed E-state index contributed by atoms with van der Waals surface area (Å²) in [5.74, 6) is -0.0344. The summed E-state index contributed by atoms with van der Waals surface area (Å²) in [7, 11) is -3.49. The van der Waals surface area contributed by atoms with Gasteiger partial charge in [0.05, 0.1) is 10.9 Å². The maximum Gasteiger partial charge on any atom is 0.254 e. The molecule has 1 aliphatic heterocycles. The number of carbonyl (C=O) groups is 1. The normalized spacial score (nSPS) is 20.0. The van der Waals surface area contributed by atoms with Crippen LogP contribution in [0.3, 0.4) is 0 Å². The maximum absolute atomic E-state index is 13.0. The number of fused-ring (bicyclic) bond motifs is 1. The van der Waals surface area contributed by atoms with Gasteiger partial charge < -0.3 is 4.90 Å². The van der Waals surface area contributed by atoms with Gasteiger partial charge in [0, 0.05) is 23.0 Å². The SMILES string of the molecule is CC[C@H]1c2ccsc2CCN1C(=O)c1ccc(S(=O)(=O)NC2CC2)cc1. The smallest absolute Gasteiger partial charge is 0.254 e. The summed E-state index contributed by atoms with van der Waals surface area (Å²) < 4.78 is 27.2. The minimum atomic E-state index is -3.49. The summed E-state index contributed by atoms with van der Waals surface area (Å²) in [5, 5.41) is 2.09. The minimum absolute atomic E-state index is 0.0344. The van der Waals surface area contributed by atoms with Crippen LogP contribution in [0.15, 0.2) is 40.6 Å². The summed E-state index contributed by atoms with van der Waals surface area (Å²) in [5.41, 5.74) is 1.79. The second-order valence-corrected chi connectivity index (χ2v) is 9.61. The summed E-state index contributed by atoms with van der Waals surface area (Å²) in [4.78, 5) is 16.5. The molecule has 1 N–H and O–H groups in total. The number of rotatable bonds is 5. The van der Waals surface area contributed by atoms with E-state index in [-0.39, 0.29) is 22.9 Å². The van der Waals surface area contributed by atoms with Gasteiger partial charge >= 0.3 is 0 Å². The highest BCUT2D eigenvalue weighted by Crippen LogP contribution is 2.36. The Bertz CT molecular complexity index is 915. The number of hydrogen-bond donors (Lipinski definition) is 1. The van der Waals surface area contributed by atoms with Crippen molar-refractivity contribution in [3.05, 3.63) is 51.7 Å².